The van der Waals surface area contributed by atoms with Gasteiger partial charge in [0.2, 0.25) is 5.91 Å². The summed E-state index contributed by atoms with van der Waals surface area (Å²) in [6.07, 6.45) is 0.0170. The number of carbonyl (C=O) groups is 1. The van der Waals surface area contributed by atoms with E-state index in [0.717, 1.165) is 0 Å². The molecule has 0 saturated carbocycles. The Morgan fingerprint density at radius 2 is 1.77 bits per heavy atom. The monoisotopic (exact) mass is 321 g/mol. The summed E-state index contributed by atoms with van der Waals surface area (Å²) in [6, 6.07) is 13.8. The zero-order valence-corrected chi connectivity index (χ0v) is 12.6. The quantitative estimate of drug-likeness (QED) is 0.884. The minimum Gasteiger partial charge on any atom is -0.355 e. The van der Waals surface area contributed by atoms with Gasteiger partial charge in [-0.1, -0.05) is 30.3 Å². The fourth-order valence-electron chi connectivity index (χ4n) is 1.97. The fourth-order valence-corrected chi connectivity index (χ4v) is 3.14. The Hall–Kier alpha value is -2.21. The van der Waals surface area contributed by atoms with Crippen LogP contribution in [0.15, 0.2) is 59.5 Å². The average Bonchev–Trinajstić information content (AvgIpc) is 2.48. The van der Waals surface area contributed by atoms with Crippen molar-refractivity contribution in [2.45, 2.75) is 11.3 Å². The van der Waals surface area contributed by atoms with Gasteiger partial charge in [-0.2, -0.15) is 0 Å². The van der Waals surface area contributed by atoms with E-state index < -0.39 is 15.7 Å². The van der Waals surface area contributed by atoms with Crippen molar-refractivity contribution in [1.82, 2.24) is 5.32 Å². The van der Waals surface area contributed by atoms with Crippen molar-refractivity contribution in [2.75, 3.05) is 12.3 Å². The molecule has 4 nitrogen and oxygen atoms in total. The molecule has 0 aliphatic heterocycles. The molecule has 6 heteroatoms. The van der Waals surface area contributed by atoms with Crippen molar-refractivity contribution in [3.8, 4) is 0 Å². The minimum absolute atomic E-state index is 0.0170. The topological polar surface area (TPSA) is 63.2 Å². The Morgan fingerprint density at radius 3 is 2.45 bits per heavy atom. The fraction of sp³-hybridized carbons (Fsp3) is 0.188. The normalized spacial score (nSPS) is 11.1. The van der Waals surface area contributed by atoms with Crippen LogP contribution >= 0.6 is 0 Å². The van der Waals surface area contributed by atoms with Crippen LogP contribution in [0.25, 0.3) is 0 Å². The van der Waals surface area contributed by atoms with Gasteiger partial charge in [-0.15, -0.1) is 0 Å². The maximum absolute atomic E-state index is 13.0. The maximum atomic E-state index is 13.0. The summed E-state index contributed by atoms with van der Waals surface area (Å²) in [6.45, 7) is 0.0192. The first kappa shape index (κ1) is 16.2. The molecule has 0 radical (unpaired) electrons. The van der Waals surface area contributed by atoms with Crippen LogP contribution in [-0.2, 0) is 21.1 Å². The molecule has 0 unspecified atom stereocenters. The van der Waals surface area contributed by atoms with Crippen LogP contribution in [0.3, 0.4) is 0 Å². The number of sulfone groups is 1. The predicted molar refractivity (Wildman–Crippen MR) is 81.6 cm³/mol. The van der Waals surface area contributed by atoms with E-state index in [4.69, 9.17) is 0 Å². The van der Waals surface area contributed by atoms with Crippen molar-refractivity contribution in [3.05, 3.63) is 66.0 Å². The Bertz CT molecular complexity index is 745. The molecule has 116 valence electrons. The molecule has 0 bridgehead atoms. The van der Waals surface area contributed by atoms with Crippen LogP contribution in [0.1, 0.15) is 5.56 Å². The van der Waals surface area contributed by atoms with Crippen LogP contribution < -0.4 is 5.32 Å². The molecule has 0 atom stereocenters. The summed E-state index contributed by atoms with van der Waals surface area (Å²) < 4.78 is 37.0. The van der Waals surface area contributed by atoms with Gasteiger partial charge in [0, 0.05) is 6.54 Å². The summed E-state index contributed by atoms with van der Waals surface area (Å²) in [4.78, 5) is 11.9. The Balaban J connectivity index is 1.85. The number of nitrogens with one attached hydrogen (secondary N) is 1. The summed E-state index contributed by atoms with van der Waals surface area (Å²) in [5, 5.41) is 2.54. The van der Waals surface area contributed by atoms with E-state index >= 15 is 0 Å². The van der Waals surface area contributed by atoms with E-state index in [0.29, 0.717) is 5.56 Å². The third-order valence-electron chi connectivity index (χ3n) is 3.05. The van der Waals surface area contributed by atoms with Crippen LogP contribution in [0.4, 0.5) is 4.39 Å². The lowest BCUT2D eigenvalue weighted by Gasteiger charge is -2.07. The number of benzene rings is 2. The Labute approximate surface area is 128 Å². The van der Waals surface area contributed by atoms with Gasteiger partial charge in [-0.05, 0) is 29.8 Å². The Kier molecular flexibility index (Phi) is 5.27. The molecule has 0 aliphatic carbocycles. The SMILES string of the molecule is O=C(Cc1cccc(F)c1)NCCS(=O)(=O)c1ccccc1. The number of rotatable bonds is 6. The summed E-state index contributed by atoms with van der Waals surface area (Å²) >= 11 is 0. The minimum atomic E-state index is -3.41. The molecule has 2 rings (SSSR count). The van der Waals surface area contributed by atoms with E-state index in [9.17, 15) is 17.6 Å². The molecular weight excluding hydrogens is 305 g/mol. The van der Waals surface area contributed by atoms with Gasteiger partial charge in [0.1, 0.15) is 5.82 Å². The Morgan fingerprint density at radius 1 is 1.05 bits per heavy atom. The van der Waals surface area contributed by atoms with Gasteiger partial charge < -0.3 is 5.32 Å². The third kappa shape index (κ3) is 4.66. The lowest BCUT2D eigenvalue weighted by Crippen LogP contribution is -2.30. The lowest BCUT2D eigenvalue weighted by atomic mass is 10.1. The number of hydrogen-bond donors (Lipinski definition) is 1. The molecule has 22 heavy (non-hydrogen) atoms. The average molecular weight is 321 g/mol. The molecule has 0 heterocycles. The zero-order chi connectivity index (χ0) is 16.0. The number of halogens is 1. The highest BCUT2D eigenvalue weighted by atomic mass is 32.2. The van der Waals surface area contributed by atoms with E-state index in [1.807, 2.05) is 0 Å². The summed E-state index contributed by atoms with van der Waals surface area (Å²) in [5.74, 6) is -0.919. The number of amides is 1. The molecule has 0 spiro atoms. The second-order valence-electron chi connectivity index (χ2n) is 4.79. The highest BCUT2D eigenvalue weighted by molar-refractivity contribution is 7.91. The van der Waals surface area contributed by atoms with Crippen LogP contribution in [0, 0.1) is 5.82 Å². The van der Waals surface area contributed by atoms with Crippen molar-refractivity contribution in [1.29, 1.82) is 0 Å². The zero-order valence-electron chi connectivity index (χ0n) is 11.8. The molecular formula is C16H16FNO3S. The van der Waals surface area contributed by atoms with Crippen molar-refractivity contribution in [3.63, 3.8) is 0 Å². The van der Waals surface area contributed by atoms with E-state index in [1.165, 1.54) is 30.3 Å². The molecule has 0 aromatic heterocycles. The van der Waals surface area contributed by atoms with Gasteiger partial charge in [-0.25, -0.2) is 12.8 Å². The first-order valence-corrected chi connectivity index (χ1v) is 8.41. The lowest BCUT2D eigenvalue weighted by molar-refractivity contribution is -0.120. The molecule has 1 N–H and O–H groups in total. The number of hydrogen-bond acceptors (Lipinski definition) is 3. The predicted octanol–water partition coefficient (Wildman–Crippen LogP) is 1.96. The molecule has 2 aromatic rings. The number of carbonyl (C=O) groups excluding carboxylic acids is 1. The van der Waals surface area contributed by atoms with Gasteiger partial charge in [0.25, 0.3) is 0 Å². The van der Waals surface area contributed by atoms with E-state index in [-0.39, 0.29) is 29.5 Å². The molecule has 0 fully saturated rings. The van der Waals surface area contributed by atoms with Gasteiger partial charge in [0.15, 0.2) is 9.84 Å². The van der Waals surface area contributed by atoms with Crippen LogP contribution in [0.5, 0.6) is 0 Å². The second kappa shape index (κ2) is 7.17. The molecule has 0 aliphatic rings. The largest absolute Gasteiger partial charge is 0.355 e. The summed E-state index contributed by atoms with van der Waals surface area (Å²) in [7, 11) is -3.41. The molecule has 1 amide bonds. The van der Waals surface area contributed by atoms with E-state index in [1.54, 1.807) is 24.3 Å². The first-order valence-electron chi connectivity index (χ1n) is 6.76. The maximum Gasteiger partial charge on any atom is 0.224 e. The first-order chi connectivity index (χ1) is 10.5. The molecule has 0 saturated heterocycles. The van der Waals surface area contributed by atoms with Gasteiger partial charge in [-0.3, -0.25) is 4.79 Å². The van der Waals surface area contributed by atoms with Gasteiger partial charge >= 0.3 is 0 Å². The van der Waals surface area contributed by atoms with Crippen LogP contribution in [0.2, 0.25) is 0 Å². The van der Waals surface area contributed by atoms with Crippen molar-refractivity contribution in [2.24, 2.45) is 0 Å². The smallest absolute Gasteiger partial charge is 0.224 e. The third-order valence-corrected chi connectivity index (χ3v) is 4.78. The highest BCUT2D eigenvalue weighted by Gasteiger charge is 2.14. The van der Waals surface area contributed by atoms with E-state index in [2.05, 4.69) is 5.32 Å². The molecule has 2 aromatic carbocycles. The summed E-state index contributed by atoms with van der Waals surface area (Å²) in [5.41, 5.74) is 0.545. The standard InChI is InChI=1S/C16H16FNO3S/c17-14-6-4-5-13(11-14)12-16(19)18-9-10-22(20,21)15-7-2-1-3-8-15/h1-8,11H,9-10,12H2,(H,18,19). The second-order valence-corrected chi connectivity index (χ2v) is 6.90. The van der Waals surface area contributed by atoms with Crippen molar-refractivity contribution < 1.29 is 17.6 Å². The van der Waals surface area contributed by atoms with Gasteiger partial charge in [0.05, 0.1) is 17.1 Å². The van der Waals surface area contributed by atoms with Crippen molar-refractivity contribution >= 4 is 15.7 Å². The van der Waals surface area contributed by atoms with Crippen LogP contribution in [-0.4, -0.2) is 26.6 Å². The highest BCUT2D eigenvalue weighted by Crippen LogP contribution is 2.09.